The van der Waals surface area contributed by atoms with Crippen LogP contribution in [0, 0.1) is 23.7 Å². The maximum Gasteiger partial charge on any atom is 0.217 e. The van der Waals surface area contributed by atoms with Gasteiger partial charge < -0.3 is 4.74 Å². The van der Waals surface area contributed by atoms with Crippen molar-refractivity contribution in [3.05, 3.63) is 11.3 Å². The Balaban J connectivity index is 2.21. The molecule has 0 bridgehead atoms. The van der Waals surface area contributed by atoms with E-state index in [1.807, 2.05) is 6.92 Å². The molecule has 0 fully saturated rings. The fraction of sp³-hybridized carbons (Fsp3) is 0.765. The number of halogens is 2. The van der Waals surface area contributed by atoms with Gasteiger partial charge in [-0.05, 0) is 31.8 Å². The third kappa shape index (κ3) is 3.31. The van der Waals surface area contributed by atoms with Crippen molar-refractivity contribution >= 4 is 11.6 Å². The Morgan fingerprint density at radius 1 is 1.40 bits per heavy atom. The molecule has 1 nitrogen and oxygen atoms in total. The molecule has 0 aromatic carbocycles. The van der Waals surface area contributed by atoms with E-state index < -0.39 is 6.17 Å². The van der Waals surface area contributed by atoms with E-state index in [0.29, 0.717) is 5.76 Å². The van der Waals surface area contributed by atoms with Crippen LogP contribution in [0.3, 0.4) is 0 Å². The highest BCUT2D eigenvalue weighted by Crippen LogP contribution is 2.42. The van der Waals surface area contributed by atoms with Crippen LogP contribution in [0.15, 0.2) is 11.3 Å². The topological polar surface area (TPSA) is 9.23 Å². The number of ether oxygens (including phenoxy) is 1. The molecule has 2 rings (SSSR count). The van der Waals surface area contributed by atoms with Gasteiger partial charge in [-0.25, -0.2) is 4.39 Å². The molecule has 0 spiro atoms. The number of allylic oxidation sites excluding steroid dienone is 1. The molecular formula is C17H24ClFO. The quantitative estimate of drug-likeness (QED) is 0.533. The highest BCUT2D eigenvalue weighted by Gasteiger charge is 2.40. The van der Waals surface area contributed by atoms with Crippen LogP contribution >= 0.6 is 11.6 Å². The first-order valence-corrected chi connectivity index (χ1v) is 8.17. The summed E-state index contributed by atoms with van der Waals surface area (Å²) in [4.78, 5) is 0. The second-order valence-electron chi connectivity index (χ2n) is 5.99. The van der Waals surface area contributed by atoms with Gasteiger partial charge in [0.05, 0.1) is 0 Å². The lowest BCUT2D eigenvalue weighted by Gasteiger charge is -2.23. The summed E-state index contributed by atoms with van der Waals surface area (Å²) in [5, 5.41) is 0.0346. The monoisotopic (exact) mass is 298 g/mol. The highest BCUT2D eigenvalue weighted by molar-refractivity contribution is 6.21. The molecule has 112 valence electrons. The lowest BCUT2D eigenvalue weighted by molar-refractivity contribution is 0.105. The number of hydrogen-bond donors (Lipinski definition) is 0. The zero-order valence-corrected chi connectivity index (χ0v) is 13.3. The second kappa shape index (κ2) is 6.85. The fourth-order valence-corrected chi connectivity index (χ4v) is 3.64. The van der Waals surface area contributed by atoms with Crippen molar-refractivity contribution in [2.24, 2.45) is 11.8 Å². The Kier molecular flexibility index (Phi) is 5.38. The second-order valence-corrected chi connectivity index (χ2v) is 6.55. The van der Waals surface area contributed by atoms with Crippen molar-refractivity contribution in [1.82, 2.24) is 0 Å². The molecule has 0 aromatic rings. The SMILES string of the molecule is CCCCC(Cl)C1C2=C(OC1C)C(F)C#CC(C)CC2. The van der Waals surface area contributed by atoms with E-state index in [0.717, 1.165) is 37.7 Å². The molecule has 0 aromatic heterocycles. The van der Waals surface area contributed by atoms with Gasteiger partial charge in [-0.2, -0.15) is 0 Å². The highest BCUT2D eigenvalue weighted by atomic mass is 35.5. The van der Waals surface area contributed by atoms with Gasteiger partial charge >= 0.3 is 0 Å². The number of unbranched alkanes of at least 4 members (excludes halogenated alkanes) is 1. The average Bonchev–Trinajstić information content (AvgIpc) is 2.75. The minimum Gasteiger partial charge on any atom is -0.490 e. The van der Waals surface area contributed by atoms with Gasteiger partial charge in [0.15, 0.2) is 0 Å². The lowest BCUT2D eigenvalue weighted by atomic mass is 9.84. The molecule has 0 N–H and O–H groups in total. The summed E-state index contributed by atoms with van der Waals surface area (Å²) in [5.41, 5.74) is 1.09. The summed E-state index contributed by atoms with van der Waals surface area (Å²) >= 11 is 6.59. The molecule has 0 saturated heterocycles. The van der Waals surface area contributed by atoms with E-state index >= 15 is 0 Å². The van der Waals surface area contributed by atoms with Crippen LogP contribution in [0.5, 0.6) is 0 Å². The van der Waals surface area contributed by atoms with Gasteiger partial charge in [-0.1, -0.05) is 38.5 Å². The van der Waals surface area contributed by atoms with Gasteiger partial charge in [-0.15, -0.1) is 11.6 Å². The van der Waals surface area contributed by atoms with Crippen LogP contribution in [-0.2, 0) is 4.74 Å². The standard InChI is InChI=1S/C17H24ClFO/c1-4-5-6-14(18)16-12(3)20-17-13(16)9-7-11(2)8-10-15(17)19/h11-12,14-16H,4-7,9H2,1-3H3. The van der Waals surface area contributed by atoms with Gasteiger partial charge in [0.2, 0.25) is 6.17 Å². The third-order valence-corrected chi connectivity index (χ3v) is 4.78. The largest absolute Gasteiger partial charge is 0.490 e. The third-order valence-electron chi connectivity index (χ3n) is 4.29. The van der Waals surface area contributed by atoms with E-state index in [4.69, 9.17) is 16.3 Å². The first-order chi connectivity index (χ1) is 9.54. The summed E-state index contributed by atoms with van der Waals surface area (Å²) in [7, 11) is 0. The summed E-state index contributed by atoms with van der Waals surface area (Å²) in [6.07, 6.45) is 3.70. The lowest BCUT2D eigenvalue weighted by Crippen LogP contribution is -2.25. The fourth-order valence-electron chi connectivity index (χ4n) is 3.13. The molecule has 0 radical (unpaired) electrons. The van der Waals surface area contributed by atoms with E-state index in [1.54, 1.807) is 0 Å². The Bertz CT molecular complexity index is 434. The molecule has 20 heavy (non-hydrogen) atoms. The maximum absolute atomic E-state index is 14.2. The van der Waals surface area contributed by atoms with Crippen LogP contribution in [0.25, 0.3) is 0 Å². The van der Waals surface area contributed by atoms with Gasteiger partial charge in [0.1, 0.15) is 11.9 Å². The predicted octanol–water partition coefficient (Wildman–Crippen LogP) is 4.84. The van der Waals surface area contributed by atoms with Crippen LogP contribution in [0.1, 0.15) is 52.9 Å². The van der Waals surface area contributed by atoms with E-state index in [1.165, 1.54) is 0 Å². The zero-order valence-electron chi connectivity index (χ0n) is 12.6. The summed E-state index contributed by atoms with van der Waals surface area (Å²) in [6.45, 7) is 6.21. The Labute approximate surface area is 126 Å². The van der Waals surface area contributed by atoms with Crippen LogP contribution in [0.2, 0.25) is 0 Å². The molecule has 1 aliphatic carbocycles. The first-order valence-electron chi connectivity index (χ1n) is 7.73. The van der Waals surface area contributed by atoms with Crippen molar-refractivity contribution in [3.63, 3.8) is 0 Å². The minimum absolute atomic E-state index is 0.0344. The van der Waals surface area contributed by atoms with Gasteiger partial charge in [0.25, 0.3) is 0 Å². The summed E-state index contributed by atoms with van der Waals surface area (Å²) in [5.74, 6) is 6.50. The van der Waals surface area contributed by atoms with Crippen molar-refractivity contribution in [2.75, 3.05) is 0 Å². The van der Waals surface area contributed by atoms with Crippen molar-refractivity contribution < 1.29 is 9.13 Å². The van der Waals surface area contributed by atoms with E-state index in [-0.39, 0.29) is 23.3 Å². The molecule has 1 heterocycles. The van der Waals surface area contributed by atoms with Gasteiger partial charge in [-0.3, -0.25) is 0 Å². The molecule has 0 saturated carbocycles. The van der Waals surface area contributed by atoms with Crippen molar-refractivity contribution in [1.29, 1.82) is 0 Å². The maximum atomic E-state index is 14.2. The Hall–Kier alpha value is -0.680. The predicted molar refractivity (Wildman–Crippen MR) is 81.3 cm³/mol. The number of hydrogen-bond acceptors (Lipinski definition) is 1. The molecule has 1 aliphatic heterocycles. The summed E-state index contributed by atoms with van der Waals surface area (Å²) < 4.78 is 20.0. The zero-order chi connectivity index (χ0) is 14.7. The molecule has 2 aliphatic rings. The van der Waals surface area contributed by atoms with Crippen molar-refractivity contribution in [3.8, 4) is 11.8 Å². The van der Waals surface area contributed by atoms with Crippen molar-refractivity contribution in [2.45, 2.75) is 70.5 Å². The molecular weight excluding hydrogens is 275 g/mol. The van der Waals surface area contributed by atoms with Gasteiger partial charge in [0, 0.05) is 17.2 Å². The average molecular weight is 299 g/mol. The Morgan fingerprint density at radius 2 is 2.15 bits per heavy atom. The number of alkyl halides is 2. The molecule has 5 unspecified atom stereocenters. The van der Waals surface area contributed by atoms with Crippen LogP contribution in [-0.4, -0.2) is 17.7 Å². The summed E-state index contributed by atoms with van der Waals surface area (Å²) in [6, 6.07) is 0. The van der Waals surface area contributed by atoms with E-state index in [9.17, 15) is 4.39 Å². The smallest absolute Gasteiger partial charge is 0.217 e. The Morgan fingerprint density at radius 3 is 2.85 bits per heavy atom. The van der Waals surface area contributed by atoms with Crippen LogP contribution < -0.4 is 0 Å². The first kappa shape index (κ1) is 15.7. The molecule has 0 amide bonds. The van der Waals surface area contributed by atoms with Crippen LogP contribution in [0.4, 0.5) is 4.39 Å². The van der Waals surface area contributed by atoms with E-state index in [2.05, 4.69) is 25.7 Å². The minimum atomic E-state index is -1.28. The molecule has 5 atom stereocenters. The molecule has 3 heteroatoms. The number of rotatable bonds is 4. The normalized spacial score (nSPS) is 34.5.